The van der Waals surface area contributed by atoms with Gasteiger partial charge in [-0.2, -0.15) is 10.5 Å². The van der Waals surface area contributed by atoms with Gasteiger partial charge in [-0.05, 0) is 24.1 Å². The van der Waals surface area contributed by atoms with E-state index in [1.54, 1.807) is 14.2 Å². The topological polar surface area (TPSA) is 69.3 Å². The third-order valence-corrected chi connectivity index (χ3v) is 3.37. The van der Waals surface area contributed by atoms with Gasteiger partial charge in [-0.1, -0.05) is 0 Å². The maximum absolute atomic E-state index is 8.91. The quantitative estimate of drug-likeness (QED) is 0.787. The second-order valence-corrected chi connectivity index (χ2v) is 4.41. The van der Waals surface area contributed by atoms with E-state index in [0.717, 1.165) is 24.2 Å². The molecule has 2 rings (SSSR count). The zero-order valence-corrected chi connectivity index (χ0v) is 11.5. The predicted octanol–water partition coefficient (Wildman–Crippen LogP) is 2.26. The highest BCUT2D eigenvalue weighted by Gasteiger charge is 2.21. The number of nitrogens with zero attached hydrogens (tertiary/aromatic N) is 3. The van der Waals surface area contributed by atoms with Crippen LogP contribution in [0.2, 0.25) is 0 Å². The van der Waals surface area contributed by atoms with Crippen LogP contribution in [0.25, 0.3) is 0 Å². The van der Waals surface area contributed by atoms with Crippen molar-refractivity contribution in [2.45, 2.75) is 6.42 Å². The van der Waals surface area contributed by atoms with E-state index in [-0.39, 0.29) is 5.57 Å². The number of anilines is 1. The molecule has 0 atom stereocenters. The summed E-state index contributed by atoms with van der Waals surface area (Å²) in [5, 5.41) is 17.8. The molecule has 1 fully saturated rings. The molecular formula is C15H15N3O2. The zero-order valence-electron chi connectivity index (χ0n) is 11.5. The van der Waals surface area contributed by atoms with E-state index in [1.807, 2.05) is 30.3 Å². The molecular weight excluding hydrogens is 254 g/mol. The molecule has 0 aliphatic carbocycles. The van der Waals surface area contributed by atoms with Crippen molar-refractivity contribution in [3.05, 3.63) is 29.3 Å². The first kappa shape index (κ1) is 13.8. The predicted molar refractivity (Wildman–Crippen MR) is 74.6 cm³/mol. The molecule has 5 heteroatoms. The molecule has 1 aliphatic heterocycles. The molecule has 1 saturated heterocycles. The van der Waals surface area contributed by atoms with E-state index in [1.165, 1.54) is 0 Å². The summed E-state index contributed by atoms with van der Waals surface area (Å²) in [4.78, 5) is 2.12. The van der Waals surface area contributed by atoms with Gasteiger partial charge in [0.2, 0.25) is 0 Å². The molecule has 0 spiro atoms. The van der Waals surface area contributed by atoms with Gasteiger partial charge in [-0.25, -0.2) is 0 Å². The first-order valence-corrected chi connectivity index (χ1v) is 6.22. The van der Waals surface area contributed by atoms with Crippen molar-refractivity contribution in [3.63, 3.8) is 0 Å². The zero-order chi connectivity index (χ0) is 14.5. The summed E-state index contributed by atoms with van der Waals surface area (Å²) in [5.41, 5.74) is 2.12. The third kappa shape index (κ3) is 2.53. The van der Waals surface area contributed by atoms with Crippen molar-refractivity contribution in [1.29, 1.82) is 10.5 Å². The second kappa shape index (κ2) is 5.99. The van der Waals surface area contributed by atoms with Gasteiger partial charge in [0, 0.05) is 24.8 Å². The molecule has 0 saturated carbocycles. The number of nitriles is 2. The summed E-state index contributed by atoms with van der Waals surface area (Å²) in [6.07, 6.45) is 0.741. The van der Waals surface area contributed by atoms with E-state index in [4.69, 9.17) is 20.0 Å². The molecule has 0 N–H and O–H groups in total. The van der Waals surface area contributed by atoms with Crippen LogP contribution in [0, 0.1) is 22.7 Å². The van der Waals surface area contributed by atoms with Gasteiger partial charge >= 0.3 is 0 Å². The summed E-state index contributed by atoms with van der Waals surface area (Å²) in [7, 11) is 3.20. The van der Waals surface area contributed by atoms with Gasteiger partial charge in [0.15, 0.2) is 11.5 Å². The molecule has 1 aromatic carbocycles. The van der Waals surface area contributed by atoms with Gasteiger partial charge in [0.05, 0.1) is 14.2 Å². The SMILES string of the molecule is COc1ccc(N2CCC(=C(C#N)C#N)C2)cc1OC. The Morgan fingerprint density at radius 1 is 1.15 bits per heavy atom. The Morgan fingerprint density at radius 3 is 2.45 bits per heavy atom. The van der Waals surface area contributed by atoms with Crippen molar-refractivity contribution in [2.24, 2.45) is 0 Å². The average Bonchev–Trinajstić information content (AvgIpc) is 2.97. The monoisotopic (exact) mass is 269 g/mol. The Labute approximate surface area is 118 Å². The smallest absolute Gasteiger partial charge is 0.162 e. The maximum atomic E-state index is 8.91. The molecule has 5 nitrogen and oxygen atoms in total. The van der Waals surface area contributed by atoms with Crippen LogP contribution in [0.3, 0.4) is 0 Å². The van der Waals surface area contributed by atoms with Crippen LogP contribution >= 0.6 is 0 Å². The first-order chi connectivity index (χ1) is 9.73. The standard InChI is InChI=1S/C15H15N3O2/c1-19-14-4-3-13(7-15(14)20-2)18-6-5-11(10-18)12(8-16)9-17/h3-4,7H,5-6,10H2,1-2H3. The molecule has 1 aliphatic rings. The summed E-state index contributed by atoms with van der Waals surface area (Å²) in [5.74, 6) is 1.35. The lowest BCUT2D eigenvalue weighted by molar-refractivity contribution is 0.355. The minimum atomic E-state index is 0.230. The molecule has 20 heavy (non-hydrogen) atoms. The van der Waals surface area contributed by atoms with Crippen LogP contribution in [0.5, 0.6) is 11.5 Å². The second-order valence-electron chi connectivity index (χ2n) is 4.41. The third-order valence-electron chi connectivity index (χ3n) is 3.37. The summed E-state index contributed by atoms with van der Waals surface area (Å²) >= 11 is 0. The Kier molecular flexibility index (Phi) is 4.12. The van der Waals surface area contributed by atoms with Gasteiger partial charge in [0.25, 0.3) is 0 Å². The number of methoxy groups -OCH3 is 2. The molecule has 0 aromatic heterocycles. The van der Waals surface area contributed by atoms with Crippen molar-refractivity contribution in [3.8, 4) is 23.6 Å². The molecule has 0 radical (unpaired) electrons. The number of allylic oxidation sites excluding steroid dienone is 1. The van der Waals surface area contributed by atoms with Gasteiger partial charge in [0.1, 0.15) is 17.7 Å². The number of rotatable bonds is 3. The fourth-order valence-corrected chi connectivity index (χ4v) is 2.29. The fourth-order valence-electron chi connectivity index (χ4n) is 2.29. The number of ether oxygens (including phenoxy) is 2. The lowest BCUT2D eigenvalue weighted by atomic mass is 10.1. The first-order valence-electron chi connectivity index (χ1n) is 6.22. The van der Waals surface area contributed by atoms with Crippen molar-refractivity contribution in [2.75, 3.05) is 32.2 Å². The lowest BCUT2D eigenvalue weighted by Gasteiger charge is -2.19. The molecule has 102 valence electrons. The maximum Gasteiger partial charge on any atom is 0.162 e. The Balaban J connectivity index is 2.26. The lowest BCUT2D eigenvalue weighted by Crippen LogP contribution is -2.18. The van der Waals surface area contributed by atoms with Crippen LogP contribution < -0.4 is 14.4 Å². The average molecular weight is 269 g/mol. The van der Waals surface area contributed by atoms with Gasteiger partial charge < -0.3 is 14.4 Å². The van der Waals surface area contributed by atoms with Crippen LogP contribution in [0.1, 0.15) is 6.42 Å². The highest BCUT2D eigenvalue weighted by molar-refractivity contribution is 5.59. The van der Waals surface area contributed by atoms with Crippen molar-refractivity contribution >= 4 is 5.69 Å². The molecule has 0 unspecified atom stereocenters. The van der Waals surface area contributed by atoms with Crippen molar-refractivity contribution < 1.29 is 9.47 Å². The largest absolute Gasteiger partial charge is 0.493 e. The van der Waals surface area contributed by atoms with E-state index in [9.17, 15) is 0 Å². The van der Waals surface area contributed by atoms with Gasteiger partial charge in [-0.15, -0.1) is 0 Å². The number of hydrogen-bond donors (Lipinski definition) is 0. The minimum absolute atomic E-state index is 0.230. The van der Waals surface area contributed by atoms with E-state index < -0.39 is 0 Å². The van der Waals surface area contributed by atoms with Crippen molar-refractivity contribution in [1.82, 2.24) is 0 Å². The Hall–Kier alpha value is -2.66. The number of benzene rings is 1. The fraction of sp³-hybridized carbons (Fsp3) is 0.333. The van der Waals surface area contributed by atoms with E-state index in [0.29, 0.717) is 18.0 Å². The highest BCUT2D eigenvalue weighted by atomic mass is 16.5. The van der Waals surface area contributed by atoms with E-state index >= 15 is 0 Å². The number of hydrogen-bond acceptors (Lipinski definition) is 5. The van der Waals surface area contributed by atoms with Crippen LogP contribution in [0.15, 0.2) is 29.3 Å². The Bertz CT molecular complexity index is 607. The summed E-state index contributed by atoms with van der Waals surface area (Å²) < 4.78 is 10.5. The Morgan fingerprint density at radius 2 is 1.85 bits per heavy atom. The molecule has 0 bridgehead atoms. The van der Waals surface area contributed by atoms with Gasteiger partial charge in [-0.3, -0.25) is 0 Å². The summed E-state index contributed by atoms with van der Waals surface area (Å²) in [6.45, 7) is 1.39. The van der Waals surface area contributed by atoms with Crippen LogP contribution in [-0.2, 0) is 0 Å². The summed E-state index contributed by atoms with van der Waals surface area (Å²) in [6, 6.07) is 9.61. The molecule has 1 heterocycles. The normalized spacial score (nSPS) is 13.6. The van der Waals surface area contributed by atoms with Crippen LogP contribution in [-0.4, -0.2) is 27.3 Å². The van der Waals surface area contributed by atoms with E-state index in [2.05, 4.69) is 4.90 Å². The highest BCUT2D eigenvalue weighted by Crippen LogP contribution is 2.33. The van der Waals surface area contributed by atoms with Crippen LogP contribution in [0.4, 0.5) is 5.69 Å². The molecule has 0 amide bonds. The minimum Gasteiger partial charge on any atom is -0.493 e. The molecule has 1 aromatic rings.